The lowest BCUT2D eigenvalue weighted by Gasteiger charge is -2.16. The van der Waals surface area contributed by atoms with Gasteiger partial charge < -0.3 is 19.7 Å². The molecule has 0 aliphatic heterocycles. The first-order chi connectivity index (χ1) is 13.0. The summed E-state index contributed by atoms with van der Waals surface area (Å²) in [5, 5.41) is 11.3. The fourth-order valence-corrected chi connectivity index (χ4v) is 2.36. The highest BCUT2D eigenvalue weighted by Crippen LogP contribution is 2.29. The molecular weight excluding hydrogens is 381 g/mol. The number of furan rings is 1. The van der Waals surface area contributed by atoms with E-state index < -0.39 is 29.5 Å². The minimum atomic E-state index is -4.50. The maximum absolute atomic E-state index is 12.5. The Balaban J connectivity index is 1.91. The van der Waals surface area contributed by atoms with Gasteiger partial charge in [-0.2, -0.15) is 13.2 Å². The number of benzene rings is 1. The van der Waals surface area contributed by atoms with Crippen LogP contribution in [0.1, 0.15) is 37.8 Å². The number of carbonyl (C=O) groups is 3. The van der Waals surface area contributed by atoms with E-state index in [1.54, 1.807) is 0 Å². The molecule has 0 atom stereocenters. The van der Waals surface area contributed by atoms with Crippen molar-refractivity contribution in [2.45, 2.75) is 19.6 Å². The van der Waals surface area contributed by atoms with Crippen molar-refractivity contribution in [3.63, 3.8) is 0 Å². The highest BCUT2D eigenvalue weighted by atomic mass is 19.4. The van der Waals surface area contributed by atoms with Crippen LogP contribution < -0.4 is 5.32 Å². The molecule has 2 N–H and O–H groups in total. The van der Waals surface area contributed by atoms with E-state index in [1.165, 1.54) is 24.9 Å². The zero-order valence-electron chi connectivity index (χ0n) is 15.0. The zero-order chi connectivity index (χ0) is 21.1. The van der Waals surface area contributed by atoms with E-state index in [1.807, 2.05) is 0 Å². The van der Waals surface area contributed by atoms with Crippen LogP contribution in [-0.2, 0) is 17.5 Å². The van der Waals surface area contributed by atoms with E-state index in [-0.39, 0.29) is 35.7 Å². The van der Waals surface area contributed by atoms with Crippen LogP contribution in [0.2, 0.25) is 0 Å². The standard InChI is InChI=1S/C18H17F3N2O5/c1-10-14(17(26)27)7-13(28-10)9-23(2)15(24)8-22-16(25)11-3-5-12(6-4-11)18(19,20)21/h3-7H,8-9H2,1-2H3,(H,22,25)(H,26,27). The van der Waals surface area contributed by atoms with E-state index in [0.29, 0.717) is 0 Å². The molecule has 2 rings (SSSR count). The molecule has 0 fully saturated rings. The largest absolute Gasteiger partial charge is 0.478 e. The van der Waals surface area contributed by atoms with E-state index in [2.05, 4.69) is 5.32 Å². The van der Waals surface area contributed by atoms with Crippen molar-refractivity contribution in [3.8, 4) is 0 Å². The van der Waals surface area contributed by atoms with Gasteiger partial charge in [0.2, 0.25) is 5.91 Å². The summed E-state index contributed by atoms with van der Waals surface area (Å²) in [7, 11) is 1.44. The van der Waals surface area contributed by atoms with Gasteiger partial charge in [-0.1, -0.05) is 0 Å². The fourth-order valence-electron chi connectivity index (χ4n) is 2.36. The molecule has 150 valence electrons. The van der Waals surface area contributed by atoms with E-state index in [9.17, 15) is 27.6 Å². The number of aromatic carboxylic acids is 1. The van der Waals surface area contributed by atoms with Gasteiger partial charge in [-0.3, -0.25) is 9.59 Å². The molecule has 1 aromatic carbocycles. The van der Waals surface area contributed by atoms with Gasteiger partial charge in [0.05, 0.1) is 18.7 Å². The lowest BCUT2D eigenvalue weighted by atomic mass is 10.1. The molecule has 0 bridgehead atoms. The Kier molecular flexibility index (Phi) is 6.12. The molecule has 7 nitrogen and oxygen atoms in total. The topological polar surface area (TPSA) is 99.9 Å². The number of nitrogens with zero attached hydrogens (tertiary/aromatic N) is 1. The number of halogens is 3. The number of carbonyl (C=O) groups excluding carboxylic acids is 2. The van der Waals surface area contributed by atoms with Crippen molar-refractivity contribution in [1.29, 1.82) is 0 Å². The number of nitrogens with one attached hydrogen (secondary N) is 1. The molecule has 1 aromatic heterocycles. The Labute approximate surface area is 157 Å². The molecule has 0 spiro atoms. The number of likely N-dealkylation sites (N-methyl/N-ethyl adjacent to an activating group) is 1. The molecule has 10 heteroatoms. The van der Waals surface area contributed by atoms with Crippen LogP contribution in [0.3, 0.4) is 0 Å². The Morgan fingerprint density at radius 1 is 1.18 bits per heavy atom. The van der Waals surface area contributed by atoms with Crippen LogP contribution in [0.15, 0.2) is 34.7 Å². The van der Waals surface area contributed by atoms with Crippen LogP contribution in [0.4, 0.5) is 13.2 Å². The number of aryl methyl sites for hydroxylation is 1. The lowest BCUT2D eigenvalue weighted by Crippen LogP contribution is -2.37. The quantitative estimate of drug-likeness (QED) is 0.779. The second-order valence-corrected chi connectivity index (χ2v) is 6.00. The summed E-state index contributed by atoms with van der Waals surface area (Å²) in [4.78, 5) is 36.3. The van der Waals surface area contributed by atoms with Crippen molar-refractivity contribution in [2.75, 3.05) is 13.6 Å². The highest BCUT2D eigenvalue weighted by Gasteiger charge is 2.30. The minimum Gasteiger partial charge on any atom is -0.478 e. The van der Waals surface area contributed by atoms with Crippen LogP contribution in [-0.4, -0.2) is 41.4 Å². The monoisotopic (exact) mass is 398 g/mol. The third-order valence-electron chi connectivity index (χ3n) is 3.89. The second-order valence-electron chi connectivity index (χ2n) is 6.00. The Hall–Kier alpha value is -3.30. The molecule has 1 heterocycles. The van der Waals surface area contributed by atoms with E-state index in [4.69, 9.17) is 9.52 Å². The van der Waals surface area contributed by atoms with Gasteiger partial charge in [0.15, 0.2) is 0 Å². The summed E-state index contributed by atoms with van der Waals surface area (Å²) in [6.07, 6.45) is -4.50. The van der Waals surface area contributed by atoms with Crippen LogP contribution in [0, 0.1) is 6.92 Å². The number of hydrogen-bond donors (Lipinski definition) is 2. The smallest absolute Gasteiger partial charge is 0.416 e. The molecule has 28 heavy (non-hydrogen) atoms. The number of amides is 2. The number of rotatable bonds is 6. The molecule has 0 saturated heterocycles. The number of alkyl halides is 3. The van der Waals surface area contributed by atoms with Crippen molar-refractivity contribution in [1.82, 2.24) is 10.2 Å². The Morgan fingerprint density at radius 2 is 1.79 bits per heavy atom. The number of carboxylic acid groups (broad SMARTS) is 1. The van der Waals surface area contributed by atoms with Crippen LogP contribution >= 0.6 is 0 Å². The predicted molar refractivity (Wildman–Crippen MR) is 90.7 cm³/mol. The van der Waals surface area contributed by atoms with Gasteiger partial charge in [-0.25, -0.2) is 4.79 Å². The minimum absolute atomic E-state index is 0.00791. The molecule has 2 amide bonds. The first-order valence-corrected chi connectivity index (χ1v) is 8.01. The lowest BCUT2D eigenvalue weighted by molar-refractivity contribution is -0.137. The van der Waals surface area contributed by atoms with Gasteiger partial charge in [0, 0.05) is 12.6 Å². The Bertz CT molecular complexity index is 888. The summed E-state index contributed by atoms with van der Waals surface area (Å²) in [5.74, 6) is -1.87. The van der Waals surface area contributed by atoms with E-state index >= 15 is 0 Å². The first kappa shape index (κ1) is 21.0. The molecular formula is C18H17F3N2O5. The molecule has 2 aromatic rings. The maximum Gasteiger partial charge on any atom is 0.416 e. The maximum atomic E-state index is 12.5. The van der Waals surface area contributed by atoms with Crippen molar-refractivity contribution >= 4 is 17.8 Å². The average molecular weight is 398 g/mol. The molecule has 0 unspecified atom stereocenters. The number of hydrogen-bond acceptors (Lipinski definition) is 4. The summed E-state index contributed by atoms with van der Waals surface area (Å²) < 4.78 is 42.8. The summed E-state index contributed by atoms with van der Waals surface area (Å²) >= 11 is 0. The molecule has 0 aliphatic carbocycles. The normalized spacial score (nSPS) is 11.2. The van der Waals surface area contributed by atoms with Crippen molar-refractivity contribution < 1.29 is 37.1 Å². The third-order valence-corrected chi connectivity index (χ3v) is 3.89. The number of carboxylic acids is 1. The van der Waals surface area contributed by atoms with Crippen molar-refractivity contribution in [2.24, 2.45) is 0 Å². The zero-order valence-corrected chi connectivity index (χ0v) is 15.0. The summed E-state index contributed by atoms with van der Waals surface area (Å²) in [6, 6.07) is 4.91. The van der Waals surface area contributed by atoms with E-state index in [0.717, 1.165) is 24.3 Å². The van der Waals surface area contributed by atoms with Crippen LogP contribution in [0.25, 0.3) is 0 Å². The first-order valence-electron chi connectivity index (χ1n) is 8.01. The average Bonchev–Trinajstić information content (AvgIpc) is 2.99. The van der Waals surface area contributed by atoms with Crippen molar-refractivity contribution in [3.05, 3.63) is 58.5 Å². The summed E-state index contributed by atoms with van der Waals surface area (Å²) in [5.41, 5.74) is -0.906. The molecule has 0 radical (unpaired) electrons. The van der Waals surface area contributed by atoms with Gasteiger partial charge in [0.1, 0.15) is 17.1 Å². The third kappa shape index (κ3) is 5.12. The van der Waals surface area contributed by atoms with Gasteiger partial charge in [0.25, 0.3) is 5.91 Å². The molecule has 0 saturated carbocycles. The van der Waals surface area contributed by atoms with Gasteiger partial charge in [-0.05, 0) is 37.3 Å². The SMILES string of the molecule is Cc1oc(CN(C)C(=O)CNC(=O)c2ccc(C(F)(F)F)cc2)cc1C(=O)O. The van der Waals surface area contributed by atoms with Gasteiger partial charge >= 0.3 is 12.1 Å². The predicted octanol–water partition coefficient (Wildman–Crippen LogP) is 2.69. The Morgan fingerprint density at radius 3 is 2.29 bits per heavy atom. The molecule has 0 aliphatic rings. The fraction of sp³-hybridized carbons (Fsp3) is 0.278. The second kappa shape index (κ2) is 8.15. The van der Waals surface area contributed by atoms with Gasteiger partial charge in [-0.15, -0.1) is 0 Å². The highest BCUT2D eigenvalue weighted by molar-refractivity contribution is 5.96. The summed E-state index contributed by atoms with van der Waals surface area (Å²) in [6.45, 7) is 1.09. The van der Waals surface area contributed by atoms with Crippen LogP contribution in [0.5, 0.6) is 0 Å².